The predicted molar refractivity (Wildman–Crippen MR) is 128 cm³/mol. The molecule has 174 valence electrons. The van der Waals surface area contributed by atoms with Gasteiger partial charge in [-0.2, -0.15) is 0 Å². The molecular weight excluding hydrogens is 418 g/mol. The average Bonchev–Trinajstić information content (AvgIpc) is 3.46. The molecule has 1 amide bonds. The molecule has 4 rings (SSSR count). The molecule has 0 aliphatic heterocycles. The molecule has 7 nitrogen and oxygen atoms in total. The lowest BCUT2D eigenvalue weighted by molar-refractivity contribution is -0.124. The number of para-hydroxylation sites is 1. The van der Waals surface area contributed by atoms with Crippen molar-refractivity contribution >= 4 is 22.9 Å². The molecule has 0 saturated carbocycles. The van der Waals surface area contributed by atoms with Gasteiger partial charge in [0, 0.05) is 42.3 Å². The van der Waals surface area contributed by atoms with Gasteiger partial charge in [-0.3, -0.25) is 14.9 Å². The van der Waals surface area contributed by atoms with E-state index in [1.54, 1.807) is 11.6 Å². The van der Waals surface area contributed by atoms with Crippen molar-refractivity contribution < 1.29 is 19.8 Å². The van der Waals surface area contributed by atoms with Crippen LogP contribution >= 0.6 is 0 Å². The van der Waals surface area contributed by atoms with Crippen LogP contribution in [-0.4, -0.2) is 59.0 Å². The Morgan fingerprint density at radius 3 is 2.94 bits per heavy atom. The summed E-state index contributed by atoms with van der Waals surface area (Å²) < 4.78 is 5.59. The second kappa shape index (κ2) is 11.2. The van der Waals surface area contributed by atoms with Crippen molar-refractivity contribution in [3.8, 4) is 0 Å². The highest BCUT2D eigenvalue weighted by Crippen LogP contribution is 2.36. The van der Waals surface area contributed by atoms with Gasteiger partial charge in [0.2, 0.25) is 0 Å². The molecule has 1 atom stereocenters. The number of amides is 1. The highest BCUT2D eigenvalue weighted by Gasteiger charge is 2.28. The molecule has 0 radical (unpaired) electrons. The zero-order valence-corrected chi connectivity index (χ0v) is 18.7. The number of aliphatic hydroxyl groups is 1. The number of carbonyl (C=O) groups excluding carboxylic acids is 1. The van der Waals surface area contributed by atoms with Crippen LogP contribution in [0.25, 0.3) is 17.0 Å². The third-order valence-electron chi connectivity index (χ3n) is 6.29. The number of aliphatic hydroxyl groups excluding tert-OH is 1. The molecular formula is C26H31N3O4. The van der Waals surface area contributed by atoms with Gasteiger partial charge in [0.25, 0.3) is 5.91 Å². The standard InChI is InChI=1S/C26H31N3O4/c30-14-16-33-15-13-29(12-11-21-18-27-24-4-2-1-3-22(21)24)25-9-7-20-17-19(5-8-23(20)25)6-10-26(31)28-32/h1-6,8,10,17-18,25,27,30,32H,7,9,11-16H2,(H,28,31). The van der Waals surface area contributed by atoms with E-state index in [1.807, 2.05) is 12.1 Å². The minimum atomic E-state index is -0.542. The lowest BCUT2D eigenvalue weighted by atomic mass is 10.0. The van der Waals surface area contributed by atoms with Gasteiger partial charge in [-0.05, 0) is 53.7 Å². The lowest BCUT2D eigenvalue weighted by Crippen LogP contribution is -2.33. The number of hydrogen-bond acceptors (Lipinski definition) is 5. The van der Waals surface area contributed by atoms with Crippen LogP contribution in [0.1, 0.15) is 34.7 Å². The van der Waals surface area contributed by atoms with E-state index in [0.717, 1.165) is 43.4 Å². The number of aryl methyl sites for hydroxylation is 1. The van der Waals surface area contributed by atoms with Gasteiger partial charge < -0.3 is 14.8 Å². The van der Waals surface area contributed by atoms with E-state index in [9.17, 15) is 4.79 Å². The largest absolute Gasteiger partial charge is 0.394 e. The number of nitrogens with zero attached hydrogens (tertiary/aromatic N) is 1. The van der Waals surface area contributed by atoms with Gasteiger partial charge in [0.15, 0.2) is 0 Å². The third-order valence-corrected chi connectivity index (χ3v) is 6.29. The van der Waals surface area contributed by atoms with Crippen molar-refractivity contribution in [3.05, 3.63) is 77.0 Å². The van der Waals surface area contributed by atoms with Crippen LogP contribution in [0.2, 0.25) is 0 Å². The number of rotatable bonds is 11. The Kier molecular flexibility index (Phi) is 7.91. The SMILES string of the molecule is O=C(C=Cc1ccc2c(c1)CCC2N(CCOCCO)CCc1c[nH]c2ccccc12)NO. The Labute approximate surface area is 193 Å². The molecule has 4 N–H and O–H groups in total. The Balaban J connectivity index is 1.49. The van der Waals surface area contributed by atoms with E-state index in [-0.39, 0.29) is 6.61 Å². The molecule has 1 aromatic heterocycles. The number of aromatic amines is 1. The fraction of sp³-hybridized carbons (Fsp3) is 0.346. The number of benzene rings is 2. The van der Waals surface area contributed by atoms with Crippen molar-refractivity contribution in [2.75, 3.05) is 32.9 Å². The molecule has 1 unspecified atom stereocenters. The van der Waals surface area contributed by atoms with E-state index < -0.39 is 5.91 Å². The first kappa shape index (κ1) is 23.2. The van der Waals surface area contributed by atoms with Gasteiger partial charge in [0.05, 0.1) is 19.8 Å². The normalized spacial score (nSPS) is 15.5. The van der Waals surface area contributed by atoms with Crippen LogP contribution < -0.4 is 5.48 Å². The fourth-order valence-corrected chi connectivity index (χ4v) is 4.68. The molecule has 7 heteroatoms. The van der Waals surface area contributed by atoms with Crippen molar-refractivity contribution in [2.45, 2.75) is 25.3 Å². The Morgan fingerprint density at radius 2 is 2.09 bits per heavy atom. The van der Waals surface area contributed by atoms with Gasteiger partial charge >= 0.3 is 0 Å². The van der Waals surface area contributed by atoms with Crippen molar-refractivity contribution in [1.82, 2.24) is 15.4 Å². The monoisotopic (exact) mass is 449 g/mol. The van der Waals surface area contributed by atoms with Gasteiger partial charge in [0.1, 0.15) is 0 Å². The molecule has 3 aromatic rings. The number of fused-ring (bicyclic) bond motifs is 2. The molecule has 1 aliphatic rings. The molecule has 33 heavy (non-hydrogen) atoms. The number of hydroxylamine groups is 1. The second-order valence-corrected chi connectivity index (χ2v) is 8.30. The summed E-state index contributed by atoms with van der Waals surface area (Å²) in [6.07, 6.45) is 8.08. The number of H-pyrrole nitrogens is 1. The first-order chi connectivity index (χ1) is 16.2. The number of aromatic nitrogens is 1. The smallest absolute Gasteiger partial charge is 0.267 e. The van der Waals surface area contributed by atoms with E-state index in [0.29, 0.717) is 19.3 Å². The molecule has 0 bridgehead atoms. The average molecular weight is 450 g/mol. The maximum absolute atomic E-state index is 11.3. The van der Waals surface area contributed by atoms with E-state index >= 15 is 0 Å². The van der Waals surface area contributed by atoms with Crippen LogP contribution in [0.3, 0.4) is 0 Å². The summed E-state index contributed by atoms with van der Waals surface area (Å²) in [6, 6.07) is 15.0. The summed E-state index contributed by atoms with van der Waals surface area (Å²) in [6.45, 7) is 2.68. The molecule has 2 aromatic carbocycles. The number of carbonyl (C=O) groups is 1. The Hall–Kier alpha value is -2.97. The number of nitrogens with one attached hydrogen (secondary N) is 2. The minimum absolute atomic E-state index is 0.0339. The Morgan fingerprint density at radius 1 is 1.21 bits per heavy atom. The quantitative estimate of drug-likeness (QED) is 0.156. The highest BCUT2D eigenvalue weighted by atomic mass is 16.5. The van der Waals surface area contributed by atoms with Crippen LogP contribution in [-0.2, 0) is 22.4 Å². The van der Waals surface area contributed by atoms with E-state index in [1.165, 1.54) is 28.2 Å². The molecule has 1 heterocycles. The maximum Gasteiger partial charge on any atom is 0.267 e. The first-order valence-electron chi connectivity index (χ1n) is 11.4. The van der Waals surface area contributed by atoms with Crippen molar-refractivity contribution in [3.63, 3.8) is 0 Å². The summed E-state index contributed by atoms with van der Waals surface area (Å²) in [5.74, 6) is -0.542. The summed E-state index contributed by atoms with van der Waals surface area (Å²) in [5, 5.41) is 19.0. The summed E-state index contributed by atoms with van der Waals surface area (Å²) in [5.41, 5.74) is 7.63. The zero-order valence-electron chi connectivity index (χ0n) is 18.7. The zero-order chi connectivity index (χ0) is 23.0. The van der Waals surface area contributed by atoms with E-state index in [2.05, 4.69) is 46.4 Å². The molecule has 1 aliphatic carbocycles. The number of hydrogen-bond donors (Lipinski definition) is 4. The van der Waals surface area contributed by atoms with Crippen LogP contribution in [0, 0.1) is 0 Å². The van der Waals surface area contributed by atoms with Gasteiger partial charge in [-0.25, -0.2) is 5.48 Å². The lowest BCUT2D eigenvalue weighted by Gasteiger charge is -2.29. The fourth-order valence-electron chi connectivity index (χ4n) is 4.68. The summed E-state index contributed by atoms with van der Waals surface area (Å²) in [7, 11) is 0. The summed E-state index contributed by atoms with van der Waals surface area (Å²) in [4.78, 5) is 17.1. The van der Waals surface area contributed by atoms with Gasteiger partial charge in [-0.1, -0.05) is 36.4 Å². The predicted octanol–water partition coefficient (Wildman–Crippen LogP) is 3.23. The first-order valence-corrected chi connectivity index (χ1v) is 11.4. The topological polar surface area (TPSA) is 97.8 Å². The van der Waals surface area contributed by atoms with E-state index in [4.69, 9.17) is 15.1 Å². The molecule has 0 spiro atoms. The highest BCUT2D eigenvalue weighted by molar-refractivity contribution is 5.90. The van der Waals surface area contributed by atoms with Crippen molar-refractivity contribution in [2.24, 2.45) is 0 Å². The molecule has 0 saturated heterocycles. The van der Waals surface area contributed by atoms with Crippen LogP contribution in [0.15, 0.2) is 54.7 Å². The summed E-state index contributed by atoms with van der Waals surface area (Å²) >= 11 is 0. The number of ether oxygens (including phenoxy) is 1. The molecule has 0 fully saturated rings. The van der Waals surface area contributed by atoms with Crippen molar-refractivity contribution in [1.29, 1.82) is 0 Å². The Bertz CT molecular complexity index is 1110. The minimum Gasteiger partial charge on any atom is -0.394 e. The maximum atomic E-state index is 11.3. The van der Waals surface area contributed by atoms with Gasteiger partial charge in [-0.15, -0.1) is 0 Å². The second-order valence-electron chi connectivity index (χ2n) is 8.30. The van der Waals surface area contributed by atoms with Crippen LogP contribution in [0.4, 0.5) is 0 Å². The van der Waals surface area contributed by atoms with Crippen LogP contribution in [0.5, 0.6) is 0 Å². The third kappa shape index (κ3) is 5.69.